The van der Waals surface area contributed by atoms with Gasteiger partial charge in [0, 0.05) is 6.54 Å². The quantitative estimate of drug-likeness (QED) is 0.792. The molecule has 0 atom stereocenters. The number of nitrogens with one attached hydrogen (secondary N) is 1. The van der Waals surface area contributed by atoms with Crippen LogP contribution in [-0.4, -0.2) is 20.1 Å². The molecule has 0 radical (unpaired) electrons. The van der Waals surface area contributed by atoms with Crippen molar-refractivity contribution in [2.75, 3.05) is 6.54 Å². The fourth-order valence-electron chi connectivity index (χ4n) is 1.51. The maximum atomic E-state index is 11.8. The number of hydrogen-bond acceptors (Lipinski definition) is 3. The molecular formula is C13H21NO3S. The highest BCUT2D eigenvalue weighted by Gasteiger charge is 2.11. The van der Waals surface area contributed by atoms with Gasteiger partial charge in [-0.05, 0) is 23.5 Å². The molecule has 102 valence electrons. The normalized spacial score (nSPS) is 12.0. The van der Waals surface area contributed by atoms with E-state index in [2.05, 4.69) is 18.6 Å². The van der Waals surface area contributed by atoms with Crippen LogP contribution in [0.4, 0.5) is 0 Å². The summed E-state index contributed by atoms with van der Waals surface area (Å²) in [6, 6.07) is 6.93. The average molecular weight is 271 g/mol. The molecule has 1 rings (SSSR count). The van der Waals surface area contributed by atoms with Gasteiger partial charge in [-0.2, -0.15) is 0 Å². The standard InChI is InChI=1S/C13H21NO3S/c1-11(2)7-8-14-18(16,17)10-13-5-3-12(9-15)4-6-13/h3-6,11,14-15H,7-10H2,1-2H3. The van der Waals surface area contributed by atoms with Crippen molar-refractivity contribution in [2.24, 2.45) is 5.92 Å². The highest BCUT2D eigenvalue weighted by molar-refractivity contribution is 7.88. The van der Waals surface area contributed by atoms with E-state index in [4.69, 9.17) is 5.11 Å². The summed E-state index contributed by atoms with van der Waals surface area (Å²) < 4.78 is 26.1. The fourth-order valence-corrected chi connectivity index (χ4v) is 2.68. The minimum Gasteiger partial charge on any atom is -0.392 e. The number of rotatable bonds is 7. The molecule has 0 aliphatic rings. The van der Waals surface area contributed by atoms with Crippen LogP contribution in [0.3, 0.4) is 0 Å². The molecule has 0 heterocycles. The van der Waals surface area contributed by atoms with E-state index in [0.717, 1.165) is 17.5 Å². The summed E-state index contributed by atoms with van der Waals surface area (Å²) in [7, 11) is -3.26. The second-order valence-corrected chi connectivity index (χ2v) is 6.62. The maximum absolute atomic E-state index is 11.8. The third-order valence-corrected chi connectivity index (χ3v) is 3.96. The van der Waals surface area contributed by atoms with Gasteiger partial charge in [-0.25, -0.2) is 13.1 Å². The highest BCUT2D eigenvalue weighted by Crippen LogP contribution is 2.08. The van der Waals surface area contributed by atoms with E-state index in [9.17, 15) is 8.42 Å². The number of aliphatic hydroxyl groups excluding tert-OH is 1. The molecule has 0 aliphatic carbocycles. The lowest BCUT2D eigenvalue weighted by Gasteiger charge is -2.08. The van der Waals surface area contributed by atoms with E-state index >= 15 is 0 Å². The van der Waals surface area contributed by atoms with Gasteiger partial charge >= 0.3 is 0 Å². The second-order valence-electron chi connectivity index (χ2n) is 4.81. The molecule has 0 amide bonds. The lowest BCUT2D eigenvalue weighted by atomic mass is 10.1. The molecule has 0 saturated heterocycles. The van der Waals surface area contributed by atoms with Gasteiger partial charge in [0.15, 0.2) is 0 Å². The molecule has 0 aromatic heterocycles. The third kappa shape index (κ3) is 5.62. The van der Waals surface area contributed by atoms with Crippen molar-refractivity contribution in [3.8, 4) is 0 Å². The predicted octanol–water partition coefficient (Wildman–Crippen LogP) is 1.64. The minimum atomic E-state index is -3.26. The molecule has 0 bridgehead atoms. The third-order valence-electron chi connectivity index (χ3n) is 2.61. The molecule has 2 N–H and O–H groups in total. The Morgan fingerprint density at radius 2 is 1.72 bits per heavy atom. The zero-order valence-corrected chi connectivity index (χ0v) is 11.7. The highest BCUT2D eigenvalue weighted by atomic mass is 32.2. The van der Waals surface area contributed by atoms with Crippen molar-refractivity contribution in [3.05, 3.63) is 35.4 Å². The van der Waals surface area contributed by atoms with Crippen LogP contribution < -0.4 is 4.72 Å². The van der Waals surface area contributed by atoms with Crippen LogP contribution in [-0.2, 0) is 22.4 Å². The molecule has 1 aromatic rings. The van der Waals surface area contributed by atoms with E-state index in [0.29, 0.717) is 12.5 Å². The SMILES string of the molecule is CC(C)CCNS(=O)(=O)Cc1ccc(CO)cc1. The molecule has 0 saturated carbocycles. The van der Waals surface area contributed by atoms with E-state index in [1.54, 1.807) is 24.3 Å². The molecule has 4 nitrogen and oxygen atoms in total. The van der Waals surface area contributed by atoms with Crippen LogP contribution in [0.1, 0.15) is 31.4 Å². The Morgan fingerprint density at radius 3 is 2.22 bits per heavy atom. The Morgan fingerprint density at radius 1 is 1.17 bits per heavy atom. The van der Waals surface area contributed by atoms with Crippen molar-refractivity contribution >= 4 is 10.0 Å². The number of benzene rings is 1. The lowest BCUT2D eigenvalue weighted by Crippen LogP contribution is -2.26. The van der Waals surface area contributed by atoms with Gasteiger partial charge in [-0.1, -0.05) is 38.1 Å². The van der Waals surface area contributed by atoms with Gasteiger partial charge in [0.2, 0.25) is 10.0 Å². The Balaban J connectivity index is 2.53. The smallest absolute Gasteiger partial charge is 0.215 e. The van der Waals surface area contributed by atoms with Gasteiger partial charge in [0.05, 0.1) is 12.4 Å². The van der Waals surface area contributed by atoms with Crippen molar-refractivity contribution in [1.29, 1.82) is 0 Å². The average Bonchev–Trinajstić information content (AvgIpc) is 2.28. The van der Waals surface area contributed by atoms with Crippen LogP contribution in [0.15, 0.2) is 24.3 Å². The molecule has 0 fully saturated rings. The Hall–Kier alpha value is -0.910. The second kappa shape index (κ2) is 6.87. The van der Waals surface area contributed by atoms with Crippen LogP contribution in [0.2, 0.25) is 0 Å². The number of aliphatic hydroxyl groups is 1. The number of sulfonamides is 1. The molecule has 0 unspecified atom stereocenters. The van der Waals surface area contributed by atoms with Crippen LogP contribution in [0, 0.1) is 5.92 Å². The molecule has 1 aromatic carbocycles. The predicted molar refractivity (Wildman–Crippen MR) is 72.4 cm³/mol. The molecule has 5 heteroatoms. The fraction of sp³-hybridized carbons (Fsp3) is 0.538. The van der Waals surface area contributed by atoms with Gasteiger partial charge in [-0.15, -0.1) is 0 Å². The summed E-state index contributed by atoms with van der Waals surface area (Å²) >= 11 is 0. The van der Waals surface area contributed by atoms with Crippen LogP contribution in [0.5, 0.6) is 0 Å². The van der Waals surface area contributed by atoms with E-state index in [1.165, 1.54) is 0 Å². The van der Waals surface area contributed by atoms with Gasteiger partial charge in [0.25, 0.3) is 0 Å². The summed E-state index contributed by atoms with van der Waals surface area (Å²) in [6.45, 7) is 4.57. The molecular weight excluding hydrogens is 250 g/mol. The molecule has 0 spiro atoms. The summed E-state index contributed by atoms with van der Waals surface area (Å²) in [4.78, 5) is 0. The zero-order chi connectivity index (χ0) is 13.6. The maximum Gasteiger partial charge on any atom is 0.215 e. The summed E-state index contributed by atoms with van der Waals surface area (Å²) in [5.41, 5.74) is 1.51. The number of hydrogen-bond donors (Lipinski definition) is 2. The summed E-state index contributed by atoms with van der Waals surface area (Å²) in [5.74, 6) is 0.466. The van der Waals surface area contributed by atoms with Gasteiger partial charge in [0.1, 0.15) is 0 Å². The first-order chi connectivity index (χ1) is 8.43. The van der Waals surface area contributed by atoms with E-state index in [1.807, 2.05) is 0 Å². The Kier molecular flexibility index (Phi) is 5.78. The summed E-state index contributed by atoms with van der Waals surface area (Å²) in [6.07, 6.45) is 0.836. The zero-order valence-electron chi connectivity index (χ0n) is 10.9. The first kappa shape index (κ1) is 15.1. The van der Waals surface area contributed by atoms with Crippen molar-refractivity contribution in [2.45, 2.75) is 32.6 Å². The van der Waals surface area contributed by atoms with E-state index < -0.39 is 10.0 Å². The van der Waals surface area contributed by atoms with Crippen molar-refractivity contribution < 1.29 is 13.5 Å². The largest absolute Gasteiger partial charge is 0.392 e. The van der Waals surface area contributed by atoms with Gasteiger partial charge < -0.3 is 5.11 Å². The first-order valence-electron chi connectivity index (χ1n) is 6.09. The van der Waals surface area contributed by atoms with E-state index in [-0.39, 0.29) is 12.4 Å². The molecule has 0 aliphatic heterocycles. The Bertz CT molecular complexity index is 452. The van der Waals surface area contributed by atoms with Crippen LogP contribution >= 0.6 is 0 Å². The van der Waals surface area contributed by atoms with Crippen molar-refractivity contribution in [3.63, 3.8) is 0 Å². The lowest BCUT2D eigenvalue weighted by molar-refractivity contribution is 0.282. The Labute approximate surface area is 109 Å². The summed E-state index contributed by atoms with van der Waals surface area (Å²) in [5, 5.41) is 8.90. The van der Waals surface area contributed by atoms with Gasteiger partial charge in [-0.3, -0.25) is 0 Å². The molecule has 18 heavy (non-hydrogen) atoms. The minimum absolute atomic E-state index is 0.0171. The topological polar surface area (TPSA) is 66.4 Å². The first-order valence-corrected chi connectivity index (χ1v) is 7.74. The van der Waals surface area contributed by atoms with Crippen LogP contribution in [0.25, 0.3) is 0 Å². The monoisotopic (exact) mass is 271 g/mol. The van der Waals surface area contributed by atoms with Crippen molar-refractivity contribution in [1.82, 2.24) is 4.72 Å².